The summed E-state index contributed by atoms with van der Waals surface area (Å²) < 4.78 is 49.4. The third kappa shape index (κ3) is 9.02. The second-order valence-corrected chi connectivity index (χ2v) is 14.3. The molecular weight excluding hydrogens is 676 g/mol. The summed E-state index contributed by atoms with van der Waals surface area (Å²) in [7, 11) is 0. The molecular formula is C43H50F2N3O5+. The van der Waals surface area contributed by atoms with Crippen molar-refractivity contribution >= 4 is 22.5 Å². The van der Waals surface area contributed by atoms with Crippen LogP contribution < -0.4 is 24.5 Å². The molecule has 0 N–H and O–H groups in total. The zero-order valence-electron chi connectivity index (χ0n) is 30.9. The summed E-state index contributed by atoms with van der Waals surface area (Å²) in [5, 5.41) is 0.248. The number of anilines is 1. The van der Waals surface area contributed by atoms with E-state index in [1.54, 1.807) is 41.0 Å². The lowest BCUT2D eigenvalue weighted by Crippen LogP contribution is -2.58. The lowest BCUT2D eigenvalue weighted by molar-refractivity contribution is -0.942. The number of ether oxygens (including phenoxy) is 3. The van der Waals surface area contributed by atoms with Gasteiger partial charge in [-0.15, -0.1) is 6.42 Å². The van der Waals surface area contributed by atoms with Crippen molar-refractivity contribution in [1.29, 1.82) is 0 Å². The molecule has 0 spiro atoms. The number of unbranched alkanes of at least 4 members (excludes halogenated alkanes) is 4. The van der Waals surface area contributed by atoms with Crippen LogP contribution in [0.15, 0.2) is 65.6 Å². The van der Waals surface area contributed by atoms with E-state index in [1.807, 2.05) is 13.8 Å². The van der Waals surface area contributed by atoms with E-state index < -0.39 is 23.0 Å². The Labute approximate surface area is 310 Å². The van der Waals surface area contributed by atoms with Crippen LogP contribution in [-0.2, 0) is 0 Å². The highest BCUT2D eigenvalue weighted by atomic mass is 19.1. The molecule has 10 heteroatoms. The van der Waals surface area contributed by atoms with Crippen molar-refractivity contribution in [2.24, 2.45) is 5.92 Å². The average molecular weight is 727 g/mol. The van der Waals surface area contributed by atoms with Crippen molar-refractivity contribution in [1.82, 2.24) is 4.57 Å². The first kappa shape index (κ1) is 37.9. The van der Waals surface area contributed by atoms with E-state index >= 15 is 0 Å². The average Bonchev–Trinajstić information content (AvgIpc) is 3.15. The van der Waals surface area contributed by atoms with Crippen LogP contribution in [0.3, 0.4) is 0 Å². The molecule has 0 saturated carbocycles. The van der Waals surface area contributed by atoms with E-state index in [-0.39, 0.29) is 23.2 Å². The smallest absolute Gasteiger partial charge is 0.264 e. The fraction of sp³-hybridized carbons (Fsp3) is 0.442. The number of carbonyl (C=O) groups is 1. The number of nitrogens with zero attached hydrogens (tertiary/aromatic N) is 3. The van der Waals surface area contributed by atoms with Gasteiger partial charge >= 0.3 is 0 Å². The molecule has 2 bridgehead atoms. The van der Waals surface area contributed by atoms with Crippen molar-refractivity contribution in [2.45, 2.75) is 65.2 Å². The van der Waals surface area contributed by atoms with E-state index in [2.05, 4.69) is 5.92 Å². The summed E-state index contributed by atoms with van der Waals surface area (Å²) in [6, 6.07) is 13.2. The summed E-state index contributed by atoms with van der Waals surface area (Å²) in [5.74, 6) is 2.46. The minimum atomic E-state index is -0.880. The highest BCUT2D eigenvalue weighted by molar-refractivity contribution is 6.08. The van der Waals surface area contributed by atoms with Gasteiger partial charge in [0, 0.05) is 41.9 Å². The van der Waals surface area contributed by atoms with Crippen LogP contribution in [0.2, 0.25) is 0 Å². The highest BCUT2D eigenvalue weighted by Gasteiger charge is 2.38. The Hall–Kier alpha value is -4.88. The highest BCUT2D eigenvalue weighted by Crippen LogP contribution is 2.34. The van der Waals surface area contributed by atoms with E-state index in [1.165, 1.54) is 75.4 Å². The quantitative estimate of drug-likeness (QED) is 0.0623. The van der Waals surface area contributed by atoms with Gasteiger partial charge in [-0.3, -0.25) is 14.5 Å². The van der Waals surface area contributed by atoms with E-state index in [0.717, 1.165) is 35.8 Å². The number of quaternary nitrogens is 1. The number of pyridine rings is 1. The Kier molecular flexibility index (Phi) is 12.4. The zero-order chi connectivity index (χ0) is 37.4. The van der Waals surface area contributed by atoms with Crippen molar-refractivity contribution < 1.29 is 32.3 Å². The van der Waals surface area contributed by atoms with Crippen LogP contribution in [-0.4, -0.2) is 67.5 Å². The minimum absolute atomic E-state index is 0.104. The van der Waals surface area contributed by atoms with Crippen molar-refractivity contribution in [3.8, 4) is 35.3 Å². The second kappa shape index (κ2) is 17.3. The van der Waals surface area contributed by atoms with Gasteiger partial charge in [-0.2, -0.15) is 0 Å². The number of halogens is 2. The molecule has 4 heterocycles. The molecule has 0 radical (unpaired) electrons. The Morgan fingerprint density at radius 1 is 0.849 bits per heavy atom. The third-order valence-electron chi connectivity index (χ3n) is 10.7. The van der Waals surface area contributed by atoms with Crippen LogP contribution in [0.5, 0.6) is 17.2 Å². The number of amides is 1. The molecule has 3 aliphatic heterocycles. The van der Waals surface area contributed by atoms with Gasteiger partial charge in [-0.1, -0.05) is 18.8 Å². The molecule has 4 aromatic rings. The van der Waals surface area contributed by atoms with Crippen LogP contribution in [0.4, 0.5) is 14.5 Å². The first-order valence-electron chi connectivity index (χ1n) is 19.0. The van der Waals surface area contributed by atoms with Gasteiger partial charge in [0.25, 0.3) is 5.91 Å². The maximum absolute atomic E-state index is 14.2. The molecule has 3 saturated heterocycles. The summed E-state index contributed by atoms with van der Waals surface area (Å²) in [6.45, 7) is 10.2. The zero-order valence-corrected chi connectivity index (χ0v) is 30.9. The molecule has 3 aromatic carbocycles. The van der Waals surface area contributed by atoms with Gasteiger partial charge in [-0.25, -0.2) is 8.78 Å². The lowest BCUT2D eigenvalue weighted by atomic mass is 9.85. The first-order valence-corrected chi connectivity index (χ1v) is 19.0. The van der Waals surface area contributed by atoms with Gasteiger partial charge in [-0.05, 0) is 82.6 Å². The first-order chi connectivity index (χ1) is 25.7. The molecule has 0 atom stereocenters. The van der Waals surface area contributed by atoms with Crippen molar-refractivity contribution in [3.05, 3.63) is 88.2 Å². The van der Waals surface area contributed by atoms with Crippen molar-refractivity contribution in [3.63, 3.8) is 0 Å². The number of fused-ring (bicyclic) bond motifs is 4. The third-order valence-corrected chi connectivity index (χ3v) is 10.7. The second-order valence-electron chi connectivity index (χ2n) is 14.3. The maximum Gasteiger partial charge on any atom is 0.264 e. The fourth-order valence-corrected chi connectivity index (χ4v) is 7.91. The minimum Gasteiger partial charge on any atom is -0.494 e. The van der Waals surface area contributed by atoms with Crippen LogP contribution in [0.1, 0.15) is 75.6 Å². The van der Waals surface area contributed by atoms with E-state index in [0.29, 0.717) is 54.3 Å². The SMILES string of the molecule is C#CCN(C(=O)c1cn(-c2cc(OCC)cc(OCC)c2)c2cc(OCCCCCCC[N+]34CCC(CC3)CC4)ccc2c1=O)c1cc(F)cc(F)c1. The molecule has 0 aliphatic carbocycles. The molecule has 1 amide bonds. The number of hydrogen-bond acceptors (Lipinski definition) is 5. The summed E-state index contributed by atoms with van der Waals surface area (Å²) in [6.07, 6.45) is 17.0. The van der Waals surface area contributed by atoms with E-state index in [9.17, 15) is 18.4 Å². The fourth-order valence-electron chi connectivity index (χ4n) is 7.91. The lowest BCUT2D eigenvalue weighted by Gasteiger charge is -2.49. The molecule has 1 aromatic heterocycles. The predicted molar refractivity (Wildman–Crippen MR) is 204 cm³/mol. The molecule has 3 fully saturated rings. The monoisotopic (exact) mass is 726 g/mol. The number of benzene rings is 3. The molecule has 280 valence electrons. The number of aromatic nitrogens is 1. The van der Waals surface area contributed by atoms with Crippen LogP contribution in [0, 0.1) is 29.9 Å². The standard InChI is InChI=1S/C43H50F2N3O5/c1-4-17-46(34-24-32(44)23-33(45)25-34)43(50)40-30-47(35-26-37(51-5-2)28-38(27-35)52-6-3)41-29-36(12-13-39(41)42(40)49)53-22-11-9-7-8-10-18-48-19-14-31(15-20-48)16-21-48/h1,12-13,23-31H,5-11,14-22H2,2-3H3/q+1. The van der Waals surface area contributed by atoms with Crippen LogP contribution >= 0.6 is 0 Å². The summed E-state index contributed by atoms with van der Waals surface area (Å²) in [4.78, 5) is 29.2. The Bertz CT molecular complexity index is 1960. The van der Waals surface area contributed by atoms with Crippen LogP contribution in [0.25, 0.3) is 16.6 Å². The molecule has 3 aliphatic rings. The number of rotatable bonds is 17. The Morgan fingerprint density at radius 3 is 2.13 bits per heavy atom. The van der Waals surface area contributed by atoms with Gasteiger partial charge in [0.15, 0.2) is 0 Å². The largest absolute Gasteiger partial charge is 0.494 e. The maximum atomic E-state index is 14.2. The molecule has 7 rings (SSSR count). The summed E-state index contributed by atoms with van der Waals surface area (Å²) >= 11 is 0. The van der Waals surface area contributed by atoms with E-state index in [4.69, 9.17) is 20.6 Å². The van der Waals surface area contributed by atoms with Gasteiger partial charge < -0.3 is 23.3 Å². The topological polar surface area (TPSA) is 70.0 Å². The van der Waals surface area contributed by atoms with Gasteiger partial charge in [0.2, 0.25) is 5.43 Å². The normalized spacial score (nSPS) is 17.8. The Balaban J connectivity index is 1.25. The molecule has 0 unspecified atom stereocenters. The number of piperidine rings is 3. The predicted octanol–water partition coefficient (Wildman–Crippen LogP) is 8.31. The van der Waals surface area contributed by atoms with Gasteiger partial charge in [0.05, 0.1) is 69.4 Å². The number of carbonyl (C=O) groups excluding carboxylic acids is 1. The number of terminal acetylenes is 1. The molecule has 53 heavy (non-hydrogen) atoms. The summed E-state index contributed by atoms with van der Waals surface area (Å²) in [5.41, 5.74) is 0.162. The number of hydrogen-bond donors (Lipinski definition) is 0. The van der Waals surface area contributed by atoms with Crippen molar-refractivity contribution in [2.75, 3.05) is 57.4 Å². The molecule has 8 nitrogen and oxygen atoms in total. The van der Waals surface area contributed by atoms with Gasteiger partial charge in [0.1, 0.15) is 34.4 Å². The Morgan fingerprint density at radius 2 is 1.49 bits per heavy atom.